The van der Waals surface area contributed by atoms with Crippen molar-refractivity contribution in [3.63, 3.8) is 0 Å². The molecular weight excluding hydrogens is 515 g/mol. The van der Waals surface area contributed by atoms with Crippen molar-refractivity contribution in [2.75, 3.05) is 11.5 Å². The Hall–Kier alpha value is -3.60. The predicted octanol–water partition coefficient (Wildman–Crippen LogP) is 5.74. The van der Waals surface area contributed by atoms with Gasteiger partial charge in [-0.05, 0) is 32.0 Å². The Morgan fingerprint density at radius 2 is 1.59 bits per heavy atom. The molecule has 1 aliphatic heterocycles. The fourth-order valence-electron chi connectivity index (χ4n) is 3.87. The molecule has 1 heterocycles. The third-order valence-corrected chi connectivity index (χ3v) is 6.84. The van der Waals surface area contributed by atoms with Crippen LogP contribution in [-0.4, -0.2) is 23.7 Å². The lowest BCUT2D eigenvalue weighted by Gasteiger charge is -2.33. The molecule has 3 aromatic rings. The average Bonchev–Trinajstić information content (AvgIpc) is 2.82. The summed E-state index contributed by atoms with van der Waals surface area (Å²) >= 11 is 1.16. The predicted molar refractivity (Wildman–Crippen MR) is 128 cm³/mol. The summed E-state index contributed by atoms with van der Waals surface area (Å²) in [5.74, 6) is -6.05. The van der Waals surface area contributed by atoms with Gasteiger partial charge in [-0.1, -0.05) is 0 Å². The summed E-state index contributed by atoms with van der Waals surface area (Å²) in [5.41, 5.74) is -0.319. The molecule has 3 aromatic carbocycles. The van der Waals surface area contributed by atoms with E-state index in [0.29, 0.717) is 22.7 Å². The van der Waals surface area contributed by atoms with Crippen molar-refractivity contribution in [2.24, 2.45) is 0 Å². The van der Waals surface area contributed by atoms with E-state index >= 15 is 0 Å². The van der Waals surface area contributed by atoms with Gasteiger partial charge in [-0.2, -0.15) is 0 Å². The Kier molecular flexibility index (Phi) is 7.72. The number of amides is 2. The molecule has 5 nitrogen and oxygen atoms in total. The lowest BCUT2D eigenvalue weighted by Crippen LogP contribution is -2.39. The molecule has 0 aromatic heterocycles. The van der Waals surface area contributed by atoms with Crippen LogP contribution in [0.2, 0.25) is 0 Å². The molecule has 1 atom stereocenters. The van der Waals surface area contributed by atoms with E-state index in [-0.39, 0.29) is 35.9 Å². The summed E-state index contributed by atoms with van der Waals surface area (Å²) in [4.78, 5) is 27.3. The number of anilines is 1. The Labute approximate surface area is 213 Å². The lowest BCUT2D eigenvalue weighted by molar-refractivity contribution is -0.118. The molecule has 4 rings (SSSR count). The molecule has 0 aliphatic carbocycles. The third kappa shape index (κ3) is 5.56. The van der Waals surface area contributed by atoms with Crippen LogP contribution < -0.4 is 15.0 Å². The van der Waals surface area contributed by atoms with E-state index in [1.165, 1.54) is 23.1 Å². The van der Waals surface area contributed by atoms with Gasteiger partial charge >= 0.3 is 0 Å². The Bertz CT molecular complexity index is 1340. The van der Waals surface area contributed by atoms with Crippen LogP contribution in [0.25, 0.3) is 0 Å². The van der Waals surface area contributed by atoms with Gasteiger partial charge in [0.25, 0.3) is 5.91 Å². The van der Waals surface area contributed by atoms with Crippen LogP contribution in [0.1, 0.15) is 35.3 Å². The molecular formula is C26H21F5N2O3S. The van der Waals surface area contributed by atoms with Crippen LogP contribution in [0.4, 0.5) is 27.6 Å². The molecule has 194 valence electrons. The van der Waals surface area contributed by atoms with Crippen LogP contribution in [0.5, 0.6) is 5.75 Å². The fraction of sp³-hybridized carbons (Fsp3) is 0.231. The second-order valence-corrected chi connectivity index (χ2v) is 9.58. The first-order chi connectivity index (χ1) is 17.6. The molecule has 0 fully saturated rings. The second-order valence-electron chi connectivity index (χ2n) is 8.20. The molecule has 0 bridgehead atoms. The third-order valence-electron chi connectivity index (χ3n) is 5.70. The van der Waals surface area contributed by atoms with Crippen LogP contribution in [0, 0.1) is 29.1 Å². The number of nitrogens with zero attached hydrogens (tertiary/aromatic N) is 1. The molecule has 0 spiro atoms. The summed E-state index contributed by atoms with van der Waals surface area (Å²) in [6.07, 6.45) is 0. The number of thioether (sulfide) groups is 1. The Balaban J connectivity index is 1.57. The molecule has 1 N–H and O–H groups in total. The zero-order chi connectivity index (χ0) is 26.9. The molecule has 0 radical (unpaired) electrons. The van der Waals surface area contributed by atoms with Gasteiger partial charge in [-0.25, -0.2) is 22.0 Å². The number of carbonyl (C=O) groups excluding carboxylic acids is 2. The second kappa shape index (κ2) is 10.8. The van der Waals surface area contributed by atoms with Gasteiger partial charge in [0.15, 0.2) is 0 Å². The normalized spacial score (nSPS) is 14.9. The van der Waals surface area contributed by atoms with Crippen molar-refractivity contribution >= 4 is 29.3 Å². The van der Waals surface area contributed by atoms with Gasteiger partial charge < -0.3 is 15.0 Å². The van der Waals surface area contributed by atoms with Crippen molar-refractivity contribution in [3.8, 4) is 5.75 Å². The van der Waals surface area contributed by atoms with Gasteiger partial charge in [-0.3, -0.25) is 9.59 Å². The molecule has 37 heavy (non-hydrogen) atoms. The highest BCUT2D eigenvalue weighted by Crippen LogP contribution is 2.41. The Morgan fingerprint density at radius 1 is 0.973 bits per heavy atom. The maximum absolute atomic E-state index is 14.7. The molecule has 1 unspecified atom stereocenters. The van der Waals surface area contributed by atoms with Crippen molar-refractivity contribution in [3.05, 3.63) is 88.2 Å². The summed E-state index contributed by atoms with van der Waals surface area (Å²) in [7, 11) is 0. The van der Waals surface area contributed by atoms with E-state index in [9.17, 15) is 31.5 Å². The first kappa shape index (κ1) is 26.5. The van der Waals surface area contributed by atoms with E-state index in [4.69, 9.17) is 4.74 Å². The standard InChI is InChI=1S/C26H21F5N2O3S/c1-3-36-16-9-21(30)18(22(31)10-16)12-33-23-5-4-14(6-24(23)37-13(2)26(33)35)25(34)32-11-17-19(28)7-15(27)8-20(17)29/h4-10,13H,3,11-12H2,1-2H3,(H,32,34). The van der Waals surface area contributed by atoms with E-state index in [2.05, 4.69) is 5.32 Å². The number of fused-ring (bicyclic) bond motifs is 1. The Morgan fingerprint density at radius 3 is 2.22 bits per heavy atom. The van der Waals surface area contributed by atoms with E-state index < -0.39 is 52.4 Å². The zero-order valence-electron chi connectivity index (χ0n) is 19.7. The largest absolute Gasteiger partial charge is 0.494 e. The topological polar surface area (TPSA) is 58.6 Å². The van der Waals surface area contributed by atoms with Crippen molar-refractivity contribution in [1.82, 2.24) is 5.32 Å². The number of carbonyl (C=O) groups is 2. The molecule has 2 amide bonds. The number of nitrogens with one attached hydrogen (secondary N) is 1. The van der Waals surface area contributed by atoms with Gasteiger partial charge in [0.2, 0.25) is 5.91 Å². The van der Waals surface area contributed by atoms with Crippen molar-refractivity contribution < 1.29 is 36.3 Å². The van der Waals surface area contributed by atoms with E-state index in [0.717, 1.165) is 23.9 Å². The summed E-state index contributed by atoms with van der Waals surface area (Å²) < 4.78 is 75.4. The first-order valence-electron chi connectivity index (χ1n) is 11.2. The number of hydrogen-bond acceptors (Lipinski definition) is 4. The van der Waals surface area contributed by atoms with Crippen LogP contribution in [0.3, 0.4) is 0 Å². The highest BCUT2D eigenvalue weighted by atomic mass is 32.2. The molecule has 1 aliphatic rings. The molecule has 11 heteroatoms. The lowest BCUT2D eigenvalue weighted by atomic mass is 10.1. The quantitative estimate of drug-likeness (QED) is 0.392. The average molecular weight is 537 g/mol. The highest BCUT2D eigenvalue weighted by Gasteiger charge is 2.32. The number of halogens is 5. The highest BCUT2D eigenvalue weighted by molar-refractivity contribution is 8.01. The van der Waals surface area contributed by atoms with Gasteiger partial charge in [-0.15, -0.1) is 11.8 Å². The minimum atomic E-state index is -1.13. The van der Waals surface area contributed by atoms with Crippen molar-refractivity contribution in [2.45, 2.75) is 37.1 Å². The fourth-order valence-corrected chi connectivity index (χ4v) is 4.97. The summed E-state index contributed by atoms with van der Waals surface area (Å²) in [6.45, 7) is 2.64. The molecule has 0 saturated carbocycles. The van der Waals surface area contributed by atoms with Gasteiger partial charge in [0, 0.05) is 52.4 Å². The first-order valence-corrected chi connectivity index (χ1v) is 12.1. The smallest absolute Gasteiger partial charge is 0.251 e. The van der Waals surface area contributed by atoms with Crippen LogP contribution >= 0.6 is 11.8 Å². The summed E-state index contributed by atoms with van der Waals surface area (Å²) in [5, 5.41) is 1.77. The number of rotatable bonds is 7. The number of ether oxygens (including phenoxy) is 1. The monoisotopic (exact) mass is 536 g/mol. The van der Waals surface area contributed by atoms with E-state index in [1.807, 2.05) is 0 Å². The van der Waals surface area contributed by atoms with Crippen molar-refractivity contribution in [1.29, 1.82) is 0 Å². The van der Waals surface area contributed by atoms with Crippen LogP contribution in [0.15, 0.2) is 47.4 Å². The minimum absolute atomic E-state index is 0.0339. The summed E-state index contributed by atoms with van der Waals surface area (Å²) in [6, 6.07) is 7.46. The van der Waals surface area contributed by atoms with Gasteiger partial charge in [0.1, 0.15) is 34.8 Å². The number of benzene rings is 3. The zero-order valence-corrected chi connectivity index (χ0v) is 20.5. The maximum Gasteiger partial charge on any atom is 0.251 e. The number of hydrogen-bond donors (Lipinski definition) is 1. The minimum Gasteiger partial charge on any atom is -0.494 e. The van der Waals surface area contributed by atoms with Crippen LogP contribution in [-0.2, 0) is 17.9 Å². The van der Waals surface area contributed by atoms with Gasteiger partial charge in [0.05, 0.1) is 24.1 Å². The van der Waals surface area contributed by atoms with E-state index in [1.54, 1.807) is 13.8 Å². The molecule has 0 saturated heterocycles. The maximum atomic E-state index is 14.7. The SMILES string of the molecule is CCOc1cc(F)c(CN2C(=O)C(C)Sc3cc(C(=O)NCc4c(F)cc(F)cc4F)ccc32)c(F)c1.